The standard InChI is InChI=1S/C16H21ClN4OS/c1-9(2)8-21-15(17)13(11(4)20-21)6-7-14(22)19-16-18-10(3)12(5)23-16/h6-7,9H,8H2,1-5H3,(H,18,19,22)/b7-6+. The van der Waals surface area contributed by atoms with Crippen LogP contribution in [0.25, 0.3) is 6.08 Å². The maximum absolute atomic E-state index is 12.0. The van der Waals surface area contributed by atoms with Crippen LogP contribution in [0.5, 0.6) is 0 Å². The maximum atomic E-state index is 12.0. The minimum absolute atomic E-state index is 0.231. The SMILES string of the molecule is Cc1nc(NC(=O)/C=C/c2c(C)nn(CC(C)C)c2Cl)sc1C. The van der Waals surface area contributed by atoms with Crippen LogP contribution in [0.1, 0.15) is 35.7 Å². The molecule has 0 saturated carbocycles. The lowest BCUT2D eigenvalue weighted by Crippen LogP contribution is -2.07. The van der Waals surface area contributed by atoms with Gasteiger partial charge in [-0.1, -0.05) is 25.4 Å². The van der Waals surface area contributed by atoms with Gasteiger partial charge in [0.1, 0.15) is 5.15 Å². The van der Waals surface area contributed by atoms with Crippen LogP contribution >= 0.6 is 22.9 Å². The van der Waals surface area contributed by atoms with Gasteiger partial charge in [-0.15, -0.1) is 11.3 Å². The molecule has 2 heterocycles. The minimum Gasteiger partial charge on any atom is -0.298 e. The number of rotatable bonds is 5. The number of halogens is 1. The van der Waals surface area contributed by atoms with E-state index in [2.05, 4.69) is 29.2 Å². The molecule has 1 amide bonds. The maximum Gasteiger partial charge on any atom is 0.250 e. The van der Waals surface area contributed by atoms with E-state index in [0.29, 0.717) is 16.2 Å². The number of nitrogens with zero attached hydrogens (tertiary/aromatic N) is 3. The summed E-state index contributed by atoms with van der Waals surface area (Å²) >= 11 is 7.81. The van der Waals surface area contributed by atoms with E-state index in [0.717, 1.165) is 28.4 Å². The molecule has 1 N–H and O–H groups in total. The summed E-state index contributed by atoms with van der Waals surface area (Å²) in [6, 6.07) is 0. The van der Waals surface area contributed by atoms with Crippen molar-refractivity contribution in [2.45, 2.75) is 41.2 Å². The molecule has 0 radical (unpaired) electrons. The number of carbonyl (C=O) groups is 1. The Hall–Kier alpha value is -1.66. The molecule has 0 bridgehead atoms. The normalized spacial score (nSPS) is 11.6. The predicted octanol–water partition coefficient (Wildman–Crippen LogP) is 4.23. The van der Waals surface area contributed by atoms with Crippen LogP contribution in [0, 0.1) is 26.7 Å². The van der Waals surface area contributed by atoms with E-state index in [9.17, 15) is 4.79 Å². The fourth-order valence-electron chi connectivity index (χ4n) is 2.06. The number of amides is 1. The smallest absolute Gasteiger partial charge is 0.250 e. The fourth-order valence-corrected chi connectivity index (χ4v) is 3.18. The van der Waals surface area contributed by atoms with Gasteiger partial charge >= 0.3 is 0 Å². The number of hydrogen-bond donors (Lipinski definition) is 1. The van der Waals surface area contributed by atoms with Crippen LogP contribution in [0.2, 0.25) is 5.15 Å². The van der Waals surface area contributed by atoms with E-state index < -0.39 is 0 Å². The summed E-state index contributed by atoms with van der Waals surface area (Å²) in [4.78, 5) is 17.4. The molecule has 0 aliphatic heterocycles. The Labute approximate surface area is 145 Å². The molecule has 2 aromatic heterocycles. The molecule has 0 atom stereocenters. The number of thiazole rings is 1. The highest BCUT2D eigenvalue weighted by Gasteiger charge is 2.12. The molecular formula is C16H21ClN4OS. The summed E-state index contributed by atoms with van der Waals surface area (Å²) in [6.45, 7) is 10.7. The van der Waals surface area contributed by atoms with Crippen molar-refractivity contribution in [1.29, 1.82) is 0 Å². The van der Waals surface area contributed by atoms with Crippen molar-refractivity contribution in [1.82, 2.24) is 14.8 Å². The number of carbonyl (C=O) groups excluding carboxylic acids is 1. The van der Waals surface area contributed by atoms with Gasteiger partial charge in [0.25, 0.3) is 0 Å². The number of aromatic nitrogens is 3. The van der Waals surface area contributed by atoms with Crippen LogP contribution in [0.3, 0.4) is 0 Å². The van der Waals surface area contributed by atoms with Crippen LogP contribution in [-0.4, -0.2) is 20.7 Å². The lowest BCUT2D eigenvalue weighted by molar-refractivity contribution is -0.111. The van der Waals surface area contributed by atoms with E-state index in [1.54, 1.807) is 10.8 Å². The highest BCUT2D eigenvalue weighted by Crippen LogP contribution is 2.23. The van der Waals surface area contributed by atoms with Gasteiger partial charge in [-0.05, 0) is 32.8 Å². The van der Waals surface area contributed by atoms with Crippen LogP contribution in [-0.2, 0) is 11.3 Å². The van der Waals surface area contributed by atoms with Crippen molar-refractivity contribution in [2.24, 2.45) is 5.92 Å². The first-order valence-corrected chi connectivity index (χ1v) is 8.63. The molecule has 0 fully saturated rings. The average Bonchev–Trinajstić information content (AvgIpc) is 2.88. The lowest BCUT2D eigenvalue weighted by Gasteiger charge is -2.05. The van der Waals surface area contributed by atoms with Crippen molar-refractivity contribution in [3.05, 3.63) is 33.1 Å². The molecule has 23 heavy (non-hydrogen) atoms. The Morgan fingerprint density at radius 1 is 1.35 bits per heavy atom. The van der Waals surface area contributed by atoms with Gasteiger partial charge in [0.2, 0.25) is 5.91 Å². The van der Waals surface area contributed by atoms with Crippen LogP contribution in [0.4, 0.5) is 5.13 Å². The highest BCUT2D eigenvalue weighted by atomic mass is 35.5. The van der Waals surface area contributed by atoms with Gasteiger partial charge in [-0.3, -0.25) is 14.8 Å². The lowest BCUT2D eigenvalue weighted by atomic mass is 10.2. The number of hydrogen-bond acceptors (Lipinski definition) is 4. The first-order chi connectivity index (χ1) is 10.8. The second-order valence-electron chi connectivity index (χ2n) is 5.85. The molecule has 7 heteroatoms. The molecule has 0 aliphatic rings. The molecule has 0 aliphatic carbocycles. The van der Waals surface area contributed by atoms with Crippen molar-refractivity contribution in [3.8, 4) is 0 Å². The van der Waals surface area contributed by atoms with Gasteiger partial charge in [0.15, 0.2) is 5.13 Å². The molecule has 0 spiro atoms. The Kier molecular flexibility index (Phi) is 5.59. The summed E-state index contributed by atoms with van der Waals surface area (Å²) in [5.74, 6) is 0.217. The van der Waals surface area contributed by atoms with Crippen LogP contribution in [0.15, 0.2) is 6.08 Å². The molecular weight excluding hydrogens is 332 g/mol. The van der Waals surface area contributed by atoms with Gasteiger partial charge in [0.05, 0.1) is 11.4 Å². The second kappa shape index (κ2) is 7.27. The van der Waals surface area contributed by atoms with E-state index in [4.69, 9.17) is 11.6 Å². The van der Waals surface area contributed by atoms with E-state index in [-0.39, 0.29) is 5.91 Å². The second-order valence-corrected chi connectivity index (χ2v) is 7.41. The Morgan fingerprint density at radius 3 is 2.61 bits per heavy atom. The molecule has 2 rings (SSSR count). The van der Waals surface area contributed by atoms with E-state index in [1.165, 1.54) is 17.4 Å². The monoisotopic (exact) mass is 352 g/mol. The third-order valence-corrected chi connectivity index (χ3v) is 4.69. The first-order valence-electron chi connectivity index (χ1n) is 7.44. The Bertz CT molecular complexity index is 726. The van der Waals surface area contributed by atoms with Crippen molar-refractivity contribution < 1.29 is 4.79 Å². The highest BCUT2D eigenvalue weighted by molar-refractivity contribution is 7.15. The molecule has 0 aromatic carbocycles. The number of anilines is 1. The third-order valence-electron chi connectivity index (χ3n) is 3.31. The zero-order valence-electron chi connectivity index (χ0n) is 14.0. The summed E-state index contributed by atoms with van der Waals surface area (Å²) in [5, 5.41) is 8.34. The van der Waals surface area contributed by atoms with E-state index in [1.807, 2.05) is 20.8 Å². The third kappa shape index (κ3) is 4.42. The van der Waals surface area contributed by atoms with Crippen LogP contribution < -0.4 is 5.32 Å². The first kappa shape index (κ1) is 17.7. The van der Waals surface area contributed by atoms with Crippen molar-refractivity contribution in [3.63, 3.8) is 0 Å². The Morgan fingerprint density at radius 2 is 2.04 bits per heavy atom. The molecule has 0 saturated heterocycles. The average molecular weight is 353 g/mol. The minimum atomic E-state index is -0.231. The fraction of sp³-hybridized carbons (Fsp3) is 0.438. The van der Waals surface area contributed by atoms with Crippen molar-refractivity contribution >= 4 is 40.1 Å². The van der Waals surface area contributed by atoms with Gasteiger partial charge < -0.3 is 0 Å². The largest absolute Gasteiger partial charge is 0.298 e. The zero-order chi connectivity index (χ0) is 17.1. The molecule has 0 unspecified atom stereocenters. The number of aryl methyl sites for hydroxylation is 3. The predicted molar refractivity (Wildman–Crippen MR) is 96.1 cm³/mol. The number of nitrogens with one attached hydrogen (secondary N) is 1. The summed E-state index contributed by atoms with van der Waals surface area (Å²) in [6.07, 6.45) is 3.16. The van der Waals surface area contributed by atoms with Gasteiger partial charge in [0, 0.05) is 23.1 Å². The van der Waals surface area contributed by atoms with Gasteiger partial charge in [-0.25, -0.2) is 4.98 Å². The molecule has 124 valence electrons. The van der Waals surface area contributed by atoms with Gasteiger partial charge in [-0.2, -0.15) is 5.10 Å². The summed E-state index contributed by atoms with van der Waals surface area (Å²) in [5.41, 5.74) is 2.51. The molecule has 2 aromatic rings. The topological polar surface area (TPSA) is 59.8 Å². The zero-order valence-corrected chi connectivity index (χ0v) is 15.5. The molecule has 5 nitrogen and oxygen atoms in total. The van der Waals surface area contributed by atoms with E-state index >= 15 is 0 Å². The summed E-state index contributed by atoms with van der Waals surface area (Å²) < 4.78 is 1.77. The van der Waals surface area contributed by atoms with Crippen molar-refractivity contribution in [2.75, 3.05) is 5.32 Å². The summed E-state index contributed by atoms with van der Waals surface area (Å²) in [7, 11) is 0. The Balaban J connectivity index is 2.10. The quantitative estimate of drug-likeness (QED) is 0.819.